The standard InChI is InChI=1S/C20H20Cl2N2O4/c1-13-5-2-3-6-16(13)23-18(25)7-4-8-20(27)28-12-19(26)24-17-10-9-14(21)11-15(17)22/h2-3,5-6,9-11H,4,7-8,12H2,1H3,(H,23,25)(H,24,26). The summed E-state index contributed by atoms with van der Waals surface area (Å²) in [6.45, 7) is 1.46. The Bertz CT molecular complexity index is 871. The molecule has 0 unspecified atom stereocenters. The van der Waals surface area contributed by atoms with Gasteiger partial charge in [-0.15, -0.1) is 0 Å². The van der Waals surface area contributed by atoms with Crippen LogP contribution < -0.4 is 10.6 Å². The molecule has 0 bridgehead atoms. The van der Waals surface area contributed by atoms with Crippen LogP contribution in [-0.2, 0) is 19.1 Å². The summed E-state index contributed by atoms with van der Waals surface area (Å²) in [5, 5.41) is 6.05. The van der Waals surface area contributed by atoms with Crippen LogP contribution in [0.2, 0.25) is 10.0 Å². The molecule has 0 aromatic heterocycles. The predicted octanol–water partition coefficient (Wildman–Crippen LogP) is 4.59. The SMILES string of the molecule is Cc1ccccc1NC(=O)CCCC(=O)OCC(=O)Nc1ccc(Cl)cc1Cl. The Kier molecular flexibility index (Phi) is 8.29. The fourth-order valence-corrected chi connectivity index (χ4v) is 2.77. The van der Waals surface area contributed by atoms with Gasteiger partial charge in [0.15, 0.2) is 6.61 Å². The number of hydrogen-bond donors (Lipinski definition) is 2. The molecular formula is C20H20Cl2N2O4. The number of anilines is 2. The summed E-state index contributed by atoms with van der Waals surface area (Å²) in [5.41, 5.74) is 2.08. The lowest BCUT2D eigenvalue weighted by molar-refractivity contribution is -0.147. The maximum atomic E-state index is 11.9. The Labute approximate surface area is 173 Å². The van der Waals surface area contributed by atoms with E-state index in [0.29, 0.717) is 17.1 Å². The Morgan fingerprint density at radius 1 is 0.929 bits per heavy atom. The van der Waals surface area contributed by atoms with Gasteiger partial charge in [-0.3, -0.25) is 14.4 Å². The number of benzene rings is 2. The molecule has 0 fully saturated rings. The van der Waals surface area contributed by atoms with Crippen molar-refractivity contribution in [3.63, 3.8) is 0 Å². The highest BCUT2D eigenvalue weighted by atomic mass is 35.5. The van der Waals surface area contributed by atoms with Crippen molar-refractivity contribution in [1.82, 2.24) is 0 Å². The van der Waals surface area contributed by atoms with Crippen LogP contribution >= 0.6 is 23.2 Å². The molecule has 2 N–H and O–H groups in total. The molecule has 8 heteroatoms. The Balaban J connectivity index is 1.66. The number of carbonyl (C=O) groups excluding carboxylic acids is 3. The van der Waals surface area contributed by atoms with Gasteiger partial charge in [0.2, 0.25) is 5.91 Å². The van der Waals surface area contributed by atoms with Gasteiger partial charge >= 0.3 is 5.97 Å². The van der Waals surface area contributed by atoms with Gasteiger partial charge in [0.05, 0.1) is 10.7 Å². The highest BCUT2D eigenvalue weighted by Crippen LogP contribution is 2.25. The first kappa shape index (κ1) is 21.7. The molecule has 0 aliphatic carbocycles. The van der Waals surface area contributed by atoms with Crippen molar-refractivity contribution in [2.75, 3.05) is 17.2 Å². The van der Waals surface area contributed by atoms with Crippen molar-refractivity contribution in [2.45, 2.75) is 26.2 Å². The molecule has 0 heterocycles. The Hall–Kier alpha value is -2.57. The van der Waals surface area contributed by atoms with E-state index in [4.69, 9.17) is 27.9 Å². The number of rotatable bonds is 8. The van der Waals surface area contributed by atoms with Crippen molar-refractivity contribution in [3.05, 3.63) is 58.1 Å². The largest absolute Gasteiger partial charge is 0.456 e. The maximum absolute atomic E-state index is 11.9. The number of para-hydroxylation sites is 1. The molecule has 2 aromatic carbocycles. The second-order valence-corrected chi connectivity index (χ2v) is 6.89. The van der Waals surface area contributed by atoms with E-state index in [1.165, 1.54) is 6.07 Å². The zero-order chi connectivity index (χ0) is 20.5. The van der Waals surface area contributed by atoms with E-state index in [1.807, 2.05) is 31.2 Å². The van der Waals surface area contributed by atoms with Gasteiger partial charge in [0, 0.05) is 23.6 Å². The van der Waals surface area contributed by atoms with Gasteiger partial charge in [0.25, 0.3) is 5.91 Å². The van der Waals surface area contributed by atoms with Crippen molar-refractivity contribution >= 4 is 52.4 Å². The molecule has 0 atom stereocenters. The minimum Gasteiger partial charge on any atom is -0.456 e. The molecule has 148 valence electrons. The van der Waals surface area contributed by atoms with Gasteiger partial charge in [0.1, 0.15) is 0 Å². The minimum atomic E-state index is -0.555. The monoisotopic (exact) mass is 422 g/mol. The Morgan fingerprint density at radius 3 is 2.36 bits per heavy atom. The number of esters is 1. The number of carbonyl (C=O) groups is 3. The van der Waals surface area contributed by atoms with Crippen molar-refractivity contribution in [2.24, 2.45) is 0 Å². The smallest absolute Gasteiger partial charge is 0.306 e. The summed E-state index contributed by atoms with van der Waals surface area (Å²) >= 11 is 11.7. The summed E-state index contributed by atoms with van der Waals surface area (Å²) in [6, 6.07) is 12.1. The first-order valence-corrected chi connectivity index (χ1v) is 9.37. The van der Waals surface area contributed by atoms with Crippen LogP contribution in [0.25, 0.3) is 0 Å². The number of halogens is 2. The summed E-state index contributed by atoms with van der Waals surface area (Å²) in [6.07, 6.45) is 0.535. The number of nitrogens with one attached hydrogen (secondary N) is 2. The van der Waals surface area contributed by atoms with Crippen molar-refractivity contribution in [1.29, 1.82) is 0 Å². The van der Waals surface area contributed by atoms with Crippen LogP contribution in [0.15, 0.2) is 42.5 Å². The lowest BCUT2D eigenvalue weighted by Crippen LogP contribution is -2.21. The van der Waals surface area contributed by atoms with Crippen molar-refractivity contribution in [3.8, 4) is 0 Å². The molecule has 2 rings (SSSR count). The third kappa shape index (κ3) is 7.21. The van der Waals surface area contributed by atoms with Gasteiger partial charge < -0.3 is 15.4 Å². The minimum absolute atomic E-state index is 0.0379. The Morgan fingerprint density at radius 2 is 1.64 bits per heavy atom. The average Bonchev–Trinajstić information content (AvgIpc) is 2.64. The maximum Gasteiger partial charge on any atom is 0.306 e. The first-order chi connectivity index (χ1) is 13.3. The molecule has 0 saturated carbocycles. The second-order valence-electron chi connectivity index (χ2n) is 6.05. The van der Waals surface area contributed by atoms with Crippen LogP contribution in [0.3, 0.4) is 0 Å². The zero-order valence-electron chi connectivity index (χ0n) is 15.3. The van der Waals surface area contributed by atoms with Crippen LogP contribution in [-0.4, -0.2) is 24.4 Å². The topological polar surface area (TPSA) is 84.5 Å². The van der Waals surface area contributed by atoms with Gasteiger partial charge in [-0.25, -0.2) is 0 Å². The van der Waals surface area contributed by atoms with Crippen LogP contribution in [0.1, 0.15) is 24.8 Å². The number of amides is 2. The average molecular weight is 423 g/mol. The molecule has 0 radical (unpaired) electrons. The molecule has 28 heavy (non-hydrogen) atoms. The van der Waals surface area contributed by atoms with Crippen molar-refractivity contribution < 1.29 is 19.1 Å². The lowest BCUT2D eigenvalue weighted by Gasteiger charge is -2.09. The first-order valence-electron chi connectivity index (χ1n) is 8.61. The third-order valence-corrected chi connectivity index (χ3v) is 4.32. The normalized spacial score (nSPS) is 10.2. The number of hydrogen-bond acceptors (Lipinski definition) is 4. The molecule has 0 aliphatic rings. The summed E-state index contributed by atoms with van der Waals surface area (Å²) in [7, 11) is 0. The fraction of sp³-hybridized carbons (Fsp3) is 0.250. The molecule has 0 saturated heterocycles. The number of aryl methyl sites for hydroxylation is 1. The zero-order valence-corrected chi connectivity index (χ0v) is 16.8. The van der Waals surface area contributed by atoms with E-state index in [9.17, 15) is 14.4 Å². The van der Waals surface area contributed by atoms with E-state index >= 15 is 0 Å². The molecular weight excluding hydrogens is 403 g/mol. The fourth-order valence-electron chi connectivity index (χ4n) is 2.31. The highest BCUT2D eigenvalue weighted by molar-refractivity contribution is 6.36. The molecule has 6 nitrogen and oxygen atoms in total. The molecule has 0 aliphatic heterocycles. The summed E-state index contributed by atoms with van der Waals surface area (Å²) in [5.74, 6) is -1.26. The lowest BCUT2D eigenvalue weighted by atomic mass is 10.2. The summed E-state index contributed by atoms with van der Waals surface area (Å²) in [4.78, 5) is 35.5. The quantitative estimate of drug-likeness (QED) is 0.609. The summed E-state index contributed by atoms with van der Waals surface area (Å²) < 4.78 is 4.91. The van der Waals surface area contributed by atoms with Crippen LogP contribution in [0.5, 0.6) is 0 Å². The van der Waals surface area contributed by atoms with E-state index in [-0.39, 0.29) is 23.8 Å². The predicted molar refractivity (Wildman–Crippen MR) is 110 cm³/mol. The number of ether oxygens (including phenoxy) is 1. The van der Waals surface area contributed by atoms with Gasteiger partial charge in [-0.1, -0.05) is 41.4 Å². The van der Waals surface area contributed by atoms with Crippen LogP contribution in [0.4, 0.5) is 11.4 Å². The highest BCUT2D eigenvalue weighted by Gasteiger charge is 2.11. The molecule has 2 amide bonds. The van der Waals surface area contributed by atoms with E-state index in [0.717, 1.165) is 11.3 Å². The van der Waals surface area contributed by atoms with E-state index in [2.05, 4.69) is 10.6 Å². The molecule has 2 aromatic rings. The van der Waals surface area contributed by atoms with E-state index in [1.54, 1.807) is 12.1 Å². The van der Waals surface area contributed by atoms with Gasteiger partial charge in [-0.2, -0.15) is 0 Å². The van der Waals surface area contributed by atoms with Crippen LogP contribution in [0, 0.1) is 6.92 Å². The molecule has 0 spiro atoms. The second kappa shape index (κ2) is 10.7. The van der Waals surface area contributed by atoms with E-state index < -0.39 is 18.5 Å². The van der Waals surface area contributed by atoms with Gasteiger partial charge in [-0.05, 0) is 43.2 Å². The third-order valence-electron chi connectivity index (χ3n) is 3.77.